The van der Waals surface area contributed by atoms with E-state index in [1.807, 2.05) is 6.92 Å². The summed E-state index contributed by atoms with van der Waals surface area (Å²) in [4.78, 5) is 23.0. The summed E-state index contributed by atoms with van der Waals surface area (Å²) >= 11 is 5.93. The molecule has 1 unspecified atom stereocenters. The van der Waals surface area contributed by atoms with Gasteiger partial charge in [0.15, 0.2) is 6.04 Å². The highest BCUT2D eigenvalue weighted by molar-refractivity contribution is 6.31. The molecule has 0 aliphatic heterocycles. The number of benzene rings is 1. The van der Waals surface area contributed by atoms with Gasteiger partial charge in [0, 0.05) is 10.6 Å². The van der Waals surface area contributed by atoms with Crippen LogP contribution in [0.1, 0.15) is 15.9 Å². The Morgan fingerprint density at radius 3 is 2.80 bits per heavy atom. The van der Waals surface area contributed by atoms with Crippen molar-refractivity contribution >= 4 is 23.5 Å². The lowest BCUT2D eigenvalue weighted by atomic mass is 10.1. The highest BCUT2D eigenvalue weighted by Crippen LogP contribution is 2.16. The highest BCUT2D eigenvalue weighted by Gasteiger charge is 2.21. The van der Waals surface area contributed by atoms with Crippen molar-refractivity contribution in [1.29, 1.82) is 0 Å². The van der Waals surface area contributed by atoms with Gasteiger partial charge in [-0.3, -0.25) is 4.79 Å². The molecular formula is C14H16ClNO4. The van der Waals surface area contributed by atoms with Gasteiger partial charge < -0.3 is 15.2 Å². The number of amides is 1. The zero-order valence-electron chi connectivity index (χ0n) is 11.1. The molecule has 0 spiro atoms. The number of hydrogen-bond donors (Lipinski definition) is 2. The van der Waals surface area contributed by atoms with Crippen molar-refractivity contribution in [2.75, 3.05) is 13.2 Å². The van der Waals surface area contributed by atoms with E-state index in [2.05, 4.69) is 11.9 Å². The van der Waals surface area contributed by atoms with Crippen LogP contribution in [0.2, 0.25) is 5.02 Å². The van der Waals surface area contributed by atoms with Crippen molar-refractivity contribution in [2.45, 2.75) is 13.0 Å². The first-order chi connectivity index (χ1) is 9.45. The number of carbonyl (C=O) groups is 2. The number of aryl methyl sites for hydroxylation is 1. The van der Waals surface area contributed by atoms with Gasteiger partial charge in [0.1, 0.15) is 0 Å². The molecule has 1 amide bonds. The van der Waals surface area contributed by atoms with E-state index < -0.39 is 17.9 Å². The molecule has 0 saturated heterocycles. The molecule has 0 radical (unpaired) electrons. The summed E-state index contributed by atoms with van der Waals surface area (Å²) in [5.74, 6) is -1.68. The van der Waals surface area contributed by atoms with Gasteiger partial charge >= 0.3 is 5.97 Å². The Kier molecular flexibility index (Phi) is 6.21. The fourth-order valence-corrected chi connectivity index (χ4v) is 1.60. The van der Waals surface area contributed by atoms with Crippen LogP contribution in [0.5, 0.6) is 0 Å². The highest BCUT2D eigenvalue weighted by atomic mass is 35.5. The third-order valence-corrected chi connectivity index (χ3v) is 2.96. The summed E-state index contributed by atoms with van der Waals surface area (Å²) in [7, 11) is 0. The van der Waals surface area contributed by atoms with Crippen LogP contribution >= 0.6 is 11.6 Å². The van der Waals surface area contributed by atoms with Gasteiger partial charge in [-0.25, -0.2) is 4.79 Å². The van der Waals surface area contributed by atoms with Crippen molar-refractivity contribution < 1.29 is 19.4 Å². The molecule has 5 nitrogen and oxygen atoms in total. The Bertz CT molecular complexity index is 516. The summed E-state index contributed by atoms with van der Waals surface area (Å²) in [5.41, 5.74) is 1.14. The van der Waals surface area contributed by atoms with Crippen LogP contribution in [-0.4, -0.2) is 36.2 Å². The van der Waals surface area contributed by atoms with Crippen LogP contribution in [0, 0.1) is 6.92 Å². The zero-order chi connectivity index (χ0) is 15.1. The minimum absolute atomic E-state index is 0.132. The second-order valence-electron chi connectivity index (χ2n) is 4.15. The van der Waals surface area contributed by atoms with E-state index in [9.17, 15) is 9.59 Å². The van der Waals surface area contributed by atoms with E-state index in [1.165, 1.54) is 12.1 Å². The van der Waals surface area contributed by atoms with Crippen LogP contribution in [0.25, 0.3) is 0 Å². The van der Waals surface area contributed by atoms with Crippen LogP contribution < -0.4 is 5.32 Å². The molecule has 0 heterocycles. The second kappa shape index (κ2) is 7.67. The summed E-state index contributed by atoms with van der Waals surface area (Å²) in [5, 5.41) is 11.9. The topological polar surface area (TPSA) is 75.6 Å². The molecule has 1 atom stereocenters. The van der Waals surface area contributed by atoms with Gasteiger partial charge in [-0.05, 0) is 24.6 Å². The summed E-state index contributed by atoms with van der Waals surface area (Å²) in [6.45, 7) is 5.35. The second-order valence-corrected chi connectivity index (χ2v) is 4.56. The quantitative estimate of drug-likeness (QED) is 0.596. The number of rotatable bonds is 7. The zero-order valence-corrected chi connectivity index (χ0v) is 11.8. The molecular weight excluding hydrogens is 282 g/mol. The number of carbonyl (C=O) groups excluding carboxylic acids is 1. The normalized spacial score (nSPS) is 11.7. The summed E-state index contributed by atoms with van der Waals surface area (Å²) in [6, 6.07) is 3.65. The largest absolute Gasteiger partial charge is 0.480 e. The van der Waals surface area contributed by atoms with E-state index in [-0.39, 0.29) is 13.2 Å². The lowest BCUT2D eigenvalue weighted by molar-refractivity contribution is -0.140. The number of carboxylic acids is 1. The first kappa shape index (κ1) is 16.2. The van der Waals surface area contributed by atoms with Gasteiger partial charge in [0.25, 0.3) is 5.91 Å². The van der Waals surface area contributed by atoms with Crippen molar-refractivity contribution in [3.63, 3.8) is 0 Å². The molecule has 0 aliphatic carbocycles. The molecule has 1 aromatic rings. The smallest absolute Gasteiger partial charge is 0.328 e. The molecule has 6 heteroatoms. The fourth-order valence-electron chi connectivity index (χ4n) is 1.42. The predicted octanol–water partition coefficient (Wildman–Crippen LogP) is 2.03. The average Bonchev–Trinajstić information content (AvgIpc) is 2.40. The molecule has 20 heavy (non-hydrogen) atoms. The van der Waals surface area contributed by atoms with Crippen molar-refractivity contribution in [2.24, 2.45) is 0 Å². The third-order valence-electron chi connectivity index (χ3n) is 2.56. The van der Waals surface area contributed by atoms with Crippen LogP contribution in [0.15, 0.2) is 30.9 Å². The van der Waals surface area contributed by atoms with Gasteiger partial charge in [-0.15, -0.1) is 6.58 Å². The molecule has 0 bridgehead atoms. The molecule has 0 aromatic heterocycles. The molecule has 108 valence electrons. The van der Waals surface area contributed by atoms with Gasteiger partial charge in [0.05, 0.1) is 13.2 Å². The Hall–Kier alpha value is -1.85. The van der Waals surface area contributed by atoms with E-state index in [0.29, 0.717) is 10.6 Å². The Balaban J connectivity index is 2.72. The predicted molar refractivity (Wildman–Crippen MR) is 76.1 cm³/mol. The lowest BCUT2D eigenvalue weighted by Gasteiger charge is -2.14. The summed E-state index contributed by atoms with van der Waals surface area (Å²) in [6.07, 6.45) is 1.50. The Labute approximate surface area is 122 Å². The fraction of sp³-hybridized carbons (Fsp3) is 0.286. The molecule has 0 aliphatic rings. The van der Waals surface area contributed by atoms with Crippen LogP contribution in [0.3, 0.4) is 0 Å². The molecule has 1 rings (SSSR count). The van der Waals surface area contributed by atoms with Crippen molar-refractivity contribution in [1.82, 2.24) is 5.32 Å². The third kappa shape index (κ3) is 4.68. The van der Waals surface area contributed by atoms with E-state index >= 15 is 0 Å². The molecule has 0 fully saturated rings. The van der Waals surface area contributed by atoms with Crippen molar-refractivity contribution in [3.05, 3.63) is 47.0 Å². The maximum atomic E-state index is 11.9. The number of nitrogens with one attached hydrogen (secondary N) is 1. The monoisotopic (exact) mass is 297 g/mol. The minimum Gasteiger partial charge on any atom is -0.480 e. The van der Waals surface area contributed by atoms with E-state index in [4.69, 9.17) is 21.4 Å². The van der Waals surface area contributed by atoms with Crippen LogP contribution in [0.4, 0.5) is 0 Å². The lowest BCUT2D eigenvalue weighted by Crippen LogP contribution is -2.44. The molecule has 1 aromatic carbocycles. The Morgan fingerprint density at radius 2 is 2.25 bits per heavy atom. The molecule has 2 N–H and O–H groups in total. The van der Waals surface area contributed by atoms with Gasteiger partial charge in [0.2, 0.25) is 0 Å². The van der Waals surface area contributed by atoms with E-state index in [0.717, 1.165) is 5.56 Å². The summed E-state index contributed by atoms with van der Waals surface area (Å²) < 4.78 is 5.05. The average molecular weight is 298 g/mol. The number of hydrogen-bond acceptors (Lipinski definition) is 3. The first-order valence-electron chi connectivity index (χ1n) is 5.94. The SMILES string of the molecule is C=CCOCC(NC(=O)c1ccc(C)c(Cl)c1)C(=O)O. The minimum atomic E-state index is -1.17. The first-order valence-corrected chi connectivity index (χ1v) is 6.32. The Morgan fingerprint density at radius 1 is 1.55 bits per heavy atom. The number of carboxylic acid groups (broad SMARTS) is 1. The number of ether oxygens (including phenoxy) is 1. The molecule has 0 saturated carbocycles. The maximum absolute atomic E-state index is 11.9. The van der Waals surface area contributed by atoms with Crippen LogP contribution in [-0.2, 0) is 9.53 Å². The standard InChI is InChI=1S/C14H16ClNO4/c1-3-6-20-8-12(14(18)19)16-13(17)10-5-4-9(2)11(15)7-10/h3-5,7,12H,1,6,8H2,2H3,(H,16,17)(H,18,19). The van der Waals surface area contributed by atoms with E-state index in [1.54, 1.807) is 12.1 Å². The van der Waals surface area contributed by atoms with Crippen molar-refractivity contribution in [3.8, 4) is 0 Å². The number of halogens is 1. The van der Waals surface area contributed by atoms with Gasteiger partial charge in [-0.1, -0.05) is 23.7 Å². The number of aliphatic carboxylic acids is 1. The maximum Gasteiger partial charge on any atom is 0.328 e. The van der Waals surface area contributed by atoms with Gasteiger partial charge in [-0.2, -0.15) is 0 Å².